The highest BCUT2D eigenvalue weighted by Crippen LogP contribution is 2.39. The van der Waals surface area contributed by atoms with Crippen LogP contribution < -0.4 is 4.89 Å². The minimum absolute atomic E-state index is 0.215. The molecule has 0 rings (SSSR count). The molecule has 0 aliphatic heterocycles. The molecule has 0 aliphatic carbocycles. The summed E-state index contributed by atoms with van der Waals surface area (Å²) in [5.41, 5.74) is 0. The summed E-state index contributed by atoms with van der Waals surface area (Å²) in [6.07, 6.45) is 0. The van der Waals surface area contributed by atoms with Crippen molar-refractivity contribution < 1.29 is 27.3 Å². The fourth-order valence-corrected chi connectivity index (χ4v) is 0.858. The van der Waals surface area contributed by atoms with Gasteiger partial charge in [-0.3, -0.25) is 9.09 Å². The SMILES string of the molecule is CCOP(=O)([O-])OC(F)F. The van der Waals surface area contributed by atoms with Crippen LogP contribution in [0.15, 0.2) is 0 Å². The van der Waals surface area contributed by atoms with Crippen molar-refractivity contribution >= 4 is 7.82 Å². The van der Waals surface area contributed by atoms with Crippen molar-refractivity contribution in [3.8, 4) is 0 Å². The molecule has 0 heterocycles. The van der Waals surface area contributed by atoms with Gasteiger partial charge in [0, 0.05) is 0 Å². The van der Waals surface area contributed by atoms with Crippen molar-refractivity contribution in [1.82, 2.24) is 0 Å². The van der Waals surface area contributed by atoms with E-state index < -0.39 is 14.4 Å². The molecule has 1 unspecified atom stereocenters. The van der Waals surface area contributed by atoms with E-state index in [1.807, 2.05) is 0 Å². The minimum atomic E-state index is -4.75. The van der Waals surface area contributed by atoms with Crippen molar-refractivity contribution in [1.29, 1.82) is 0 Å². The van der Waals surface area contributed by atoms with E-state index in [2.05, 4.69) is 9.05 Å². The second kappa shape index (κ2) is 3.98. The normalized spacial score (nSPS) is 17.3. The third-order valence-corrected chi connectivity index (χ3v) is 1.49. The lowest BCUT2D eigenvalue weighted by Crippen LogP contribution is -2.10. The molecule has 0 aromatic rings. The molecule has 0 amide bonds. The molecule has 0 spiro atoms. The van der Waals surface area contributed by atoms with Gasteiger partial charge in [0.2, 0.25) is 0 Å². The Labute approximate surface area is 56.4 Å². The lowest BCUT2D eigenvalue weighted by molar-refractivity contribution is -0.244. The average Bonchev–Trinajstić information content (AvgIpc) is 1.59. The highest BCUT2D eigenvalue weighted by molar-refractivity contribution is 7.45. The maximum atomic E-state index is 11.2. The van der Waals surface area contributed by atoms with Gasteiger partial charge in [-0.15, -0.1) is 0 Å². The summed E-state index contributed by atoms with van der Waals surface area (Å²) in [6, 6.07) is 0. The van der Waals surface area contributed by atoms with E-state index in [4.69, 9.17) is 0 Å². The van der Waals surface area contributed by atoms with Crippen molar-refractivity contribution in [3.05, 3.63) is 0 Å². The van der Waals surface area contributed by atoms with Gasteiger partial charge in [-0.25, -0.2) is 0 Å². The van der Waals surface area contributed by atoms with E-state index >= 15 is 0 Å². The largest absolute Gasteiger partial charge is 0.756 e. The van der Waals surface area contributed by atoms with Crippen molar-refractivity contribution in [3.63, 3.8) is 0 Å². The van der Waals surface area contributed by atoms with Gasteiger partial charge in [0.05, 0.1) is 6.61 Å². The molecule has 1 atom stereocenters. The molecule has 0 radical (unpaired) electrons. The summed E-state index contributed by atoms with van der Waals surface area (Å²) in [5, 5.41) is 0. The maximum absolute atomic E-state index is 11.2. The molecule has 0 aromatic carbocycles. The molecule has 4 nitrogen and oxygen atoms in total. The number of hydrogen-bond donors (Lipinski definition) is 0. The van der Waals surface area contributed by atoms with Gasteiger partial charge in [0.15, 0.2) is 0 Å². The predicted octanol–water partition coefficient (Wildman–Crippen LogP) is 0.730. The van der Waals surface area contributed by atoms with Crippen LogP contribution in [0.25, 0.3) is 0 Å². The van der Waals surface area contributed by atoms with Gasteiger partial charge in [0.25, 0.3) is 7.82 Å². The Bertz CT molecular complexity index is 138. The standard InChI is InChI=1S/C3H7F2O4P/c1-2-8-10(6,7)9-3(4)5/h3H,2H2,1H3,(H,6,7)/p-1. The Morgan fingerprint density at radius 3 is 2.50 bits per heavy atom. The van der Waals surface area contributed by atoms with Crippen LogP contribution in [0.1, 0.15) is 6.92 Å². The summed E-state index contributed by atoms with van der Waals surface area (Å²) in [7, 11) is -4.75. The molecule has 10 heavy (non-hydrogen) atoms. The fourth-order valence-electron chi connectivity index (χ4n) is 0.286. The van der Waals surface area contributed by atoms with Crippen LogP contribution >= 0.6 is 7.82 Å². The zero-order valence-electron chi connectivity index (χ0n) is 5.12. The first kappa shape index (κ1) is 9.97. The van der Waals surface area contributed by atoms with E-state index in [-0.39, 0.29) is 6.61 Å². The zero-order valence-corrected chi connectivity index (χ0v) is 6.02. The van der Waals surface area contributed by atoms with Gasteiger partial charge in [-0.1, -0.05) is 0 Å². The Balaban J connectivity index is 3.75. The van der Waals surface area contributed by atoms with E-state index in [9.17, 15) is 18.2 Å². The molecule has 0 fully saturated rings. The first-order chi connectivity index (χ1) is 4.48. The van der Waals surface area contributed by atoms with Gasteiger partial charge in [-0.2, -0.15) is 8.78 Å². The van der Waals surface area contributed by atoms with E-state index in [0.29, 0.717) is 0 Å². The molecular weight excluding hydrogens is 169 g/mol. The van der Waals surface area contributed by atoms with Crippen molar-refractivity contribution in [2.45, 2.75) is 13.5 Å². The quantitative estimate of drug-likeness (QED) is 0.591. The number of hydrogen-bond acceptors (Lipinski definition) is 4. The topological polar surface area (TPSA) is 58.6 Å². The second-order valence-corrected chi connectivity index (χ2v) is 2.59. The lowest BCUT2D eigenvalue weighted by atomic mass is 10.9. The van der Waals surface area contributed by atoms with Crippen LogP contribution in [-0.4, -0.2) is 13.2 Å². The molecule has 0 aromatic heterocycles. The lowest BCUT2D eigenvalue weighted by Gasteiger charge is -2.20. The predicted molar refractivity (Wildman–Crippen MR) is 26.3 cm³/mol. The first-order valence-electron chi connectivity index (χ1n) is 2.40. The van der Waals surface area contributed by atoms with E-state index in [1.165, 1.54) is 6.92 Å². The minimum Gasteiger partial charge on any atom is -0.756 e. The zero-order chi connectivity index (χ0) is 8.20. The van der Waals surface area contributed by atoms with Crippen LogP contribution in [0.3, 0.4) is 0 Å². The Morgan fingerprint density at radius 2 is 2.20 bits per heavy atom. The summed E-state index contributed by atoms with van der Waals surface area (Å²) >= 11 is 0. The summed E-state index contributed by atoms with van der Waals surface area (Å²) in [4.78, 5) is 10.1. The van der Waals surface area contributed by atoms with E-state index in [0.717, 1.165) is 0 Å². The first-order valence-corrected chi connectivity index (χ1v) is 3.86. The summed E-state index contributed by atoms with van der Waals surface area (Å²) in [5.74, 6) is 0. The van der Waals surface area contributed by atoms with Crippen LogP contribution in [0.2, 0.25) is 0 Å². The maximum Gasteiger partial charge on any atom is 0.351 e. The smallest absolute Gasteiger partial charge is 0.351 e. The van der Waals surface area contributed by atoms with Gasteiger partial charge >= 0.3 is 6.61 Å². The molecule has 7 heteroatoms. The molecule has 0 bridgehead atoms. The average molecular weight is 175 g/mol. The highest BCUT2D eigenvalue weighted by atomic mass is 31.2. The van der Waals surface area contributed by atoms with Gasteiger partial charge in [0.1, 0.15) is 0 Å². The number of phosphoric acid groups is 1. The summed E-state index contributed by atoms with van der Waals surface area (Å²) in [6.45, 7) is -2.22. The third kappa shape index (κ3) is 4.81. The fraction of sp³-hybridized carbons (Fsp3) is 1.00. The molecule has 0 saturated heterocycles. The van der Waals surface area contributed by atoms with Gasteiger partial charge < -0.3 is 9.42 Å². The Morgan fingerprint density at radius 1 is 1.70 bits per heavy atom. The van der Waals surface area contributed by atoms with Crippen molar-refractivity contribution in [2.75, 3.05) is 6.61 Å². The van der Waals surface area contributed by atoms with Crippen LogP contribution in [0.4, 0.5) is 8.78 Å². The molecular formula is C3H6F2O4P-. The van der Waals surface area contributed by atoms with Gasteiger partial charge in [-0.05, 0) is 6.92 Å². The van der Waals surface area contributed by atoms with Crippen LogP contribution in [0, 0.1) is 0 Å². The van der Waals surface area contributed by atoms with Crippen LogP contribution in [-0.2, 0) is 13.6 Å². The van der Waals surface area contributed by atoms with E-state index in [1.54, 1.807) is 0 Å². The number of rotatable bonds is 4. The number of alkyl halides is 2. The molecule has 0 N–H and O–H groups in total. The Kier molecular flexibility index (Phi) is 3.96. The monoisotopic (exact) mass is 175 g/mol. The highest BCUT2D eigenvalue weighted by Gasteiger charge is 2.14. The Hall–Kier alpha value is -0.0300. The second-order valence-electron chi connectivity index (χ2n) is 1.23. The van der Waals surface area contributed by atoms with Crippen LogP contribution in [0.5, 0.6) is 0 Å². The summed E-state index contributed by atoms with van der Waals surface area (Å²) < 4.78 is 39.5. The molecule has 0 aliphatic rings. The molecule has 62 valence electrons. The number of phosphoric ester groups is 1. The third-order valence-electron chi connectivity index (χ3n) is 0.496. The molecule has 0 saturated carbocycles. The van der Waals surface area contributed by atoms with Crippen molar-refractivity contribution in [2.24, 2.45) is 0 Å². The number of halogens is 2.